The summed E-state index contributed by atoms with van der Waals surface area (Å²) < 4.78 is 0. The Morgan fingerprint density at radius 1 is 1.37 bits per heavy atom. The summed E-state index contributed by atoms with van der Waals surface area (Å²) in [5, 5.41) is 2.18. The molecule has 3 heteroatoms. The minimum Gasteiger partial charge on any atom is -0.330 e. The third-order valence-electron chi connectivity index (χ3n) is 4.10. The Kier molecular flexibility index (Phi) is 5.43. The zero-order valence-corrected chi connectivity index (χ0v) is 13.2. The van der Waals surface area contributed by atoms with Crippen LogP contribution in [0.3, 0.4) is 0 Å². The quantitative estimate of drug-likeness (QED) is 0.696. The van der Waals surface area contributed by atoms with Crippen molar-refractivity contribution in [3.8, 4) is 0 Å². The van der Waals surface area contributed by atoms with Gasteiger partial charge >= 0.3 is 0 Å². The van der Waals surface area contributed by atoms with Gasteiger partial charge in [-0.25, -0.2) is 0 Å². The zero-order valence-electron chi connectivity index (χ0n) is 12.4. The number of thiophene rings is 1. The number of nitrogens with zero attached hydrogens (tertiary/aromatic N) is 1. The molecule has 1 heterocycles. The van der Waals surface area contributed by atoms with Crippen LogP contribution in [-0.2, 0) is 6.54 Å². The number of hydrogen-bond acceptors (Lipinski definition) is 3. The van der Waals surface area contributed by atoms with Gasteiger partial charge in [0.25, 0.3) is 0 Å². The van der Waals surface area contributed by atoms with E-state index in [4.69, 9.17) is 5.73 Å². The Morgan fingerprint density at radius 3 is 2.74 bits per heavy atom. The first-order chi connectivity index (χ1) is 9.11. The molecule has 1 aliphatic rings. The third kappa shape index (κ3) is 5.25. The van der Waals surface area contributed by atoms with Crippen molar-refractivity contribution in [1.82, 2.24) is 4.90 Å². The van der Waals surface area contributed by atoms with Gasteiger partial charge in [-0.1, -0.05) is 26.3 Å². The van der Waals surface area contributed by atoms with E-state index in [1.54, 1.807) is 0 Å². The summed E-state index contributed by atoms with van der Waals surface area (Å²) >= 11 is 1.89. The molecule has 1 aliphatic carbocycles. The second kappa shape index (κ2) is 6.87. The molecule has 2 N–H and O–H groups in total. The second-order valence-electron chi connectivity index (χ2n) is 6.61. The van der Waals surface area contributed by atoms with Crippen LogP contribution in [0.25, 0.3) is 0 Å². The molecular formula is C16H28N2S. The average molecular weight is 280 g/mol. The number of nitrogens with two attached hydrogens (primary N) is 1. The molecule has 0 spiro atoms. The topological polar surface area (TPSA) is 29.3 Å². The van der Waals surface area contributed by atoms with E-state index in [9.17, 15) is 0 Å². The van der Waals surface area contributed by atoms with Crippen LogP contribution in [0.4, 0.5) is 0 Å². The molecule has 0 aromatic carbocycles. The molecule has 0 radical (unpaired) electrons. The van der Waals surface area contributed by atoms with E-state index in [2.05, 4.69) is 36.3 Å². The molecule has 1 saturated carbocycles. The number of hydrogen-bond donors (Lipinski definition) is 1. The highest BCUT2D eigenvalue weighted by Crippen LogP contribution is 2.30. The minimum absolute atomic E-state index is 0.318. The molecule has 2 nitrogen and oxygen atoms in total. The lowest BCUT2D eigenvalue weighted by Crippen LogP contribution is -2.27. The summed E-state index contributed by atoms with van der Waals surface area (Å²) in [7, 11) is 0. The molecule has 19 heavy (non-hydrogen) atoms. The molecule has 0 bridgehead atoms. The van der Waals surface area contributed by atoms with E-state index in [1.165, 1.54) is 43.5 Å². The van der Waals surface area contributed by atoms with Crippen LogP contribution in [0.5, 0.6) is 0 Å². The summed E-state index contributed by atoms with van der Waals surface area (Å²) in [6.07, 6.45) is 6.67. The highest BCUT2D eigenvalue weighted by molar-refractivity contribution is 7.09. The van der Waals surface area contributed by atoms with Crippen molar-refractivity contribution < 1.29 is 0 Å². The minimum atomic E-state index is 0.318. The Labute approximate surface area is 122 Å². The second-order valence-corrected chi connectivity index (χ2v) is 7.64. The van der Waals surface area contributed by atoms with Gasteiger partial charge in [-0.15, -0.1) is 11.3 Å². The highest BCUT2D eigenvalue weighted by Gasteiger charge is 2.28. The molecule has 1 aromatic heterocycles. The molecule has 0 aliphatic heterocycles. The van der Waals surface area contributed by atoms with E-state index in [1.807, 2.05) is 11.3 Å². The smallest absolute Gasteiger partial charge is 0.0330 e. The summed E-state index contributed by atoms with van der Waals surface area (Å²) in [6, 6.07) is 5.29. The molecule has 108 valence electrons. The Balaban J connectivity index is 1.69. The van der Waals surface area contributed by atoms with Crippen LogP contribution in [-0.4, -0.2) is 24.0 Å². The predicted octanol–water partition coefficient (Wildman–Crippen LogP) is 3.87. The average Bonchev–Trinajstić information content (AvgIpc) is 3.11. The molecule has 0 unspecified atom stereocenters. The normalized spacial score (nSPS) is 16.2. The SMILES string of the molecule is CC(C)(CN)CCCCN(Cc1cccs1)C1CC1. The molecule has 2 rings (SSSR count). The van der Waals surface area contributed by atoms with Crippen molar-refractivity contribution in [2.24, 2.45) is 11.1 Å². The Hall–Kier alpha value is -0.380. The van der Waals surface area contributed by atoms with Gasteiger partial charge in [-0.2, -0.15) is 0 Å². The van der Waals surface area contributed by atoms with Gasteiger partial charge in [0.2, 0.25) is 0 Å². The van der Waals surface area contributed by atoms with Gasteiger partial charge < -0.3 is 5.73 Å². The Bertz CT molecular complexity index is 355. The maximum Gasteiger partial charge on any atom is 0.0330 e. The first-order valence-corrected chi connectivity index (χ1v) is 8.45. The van der Waals surface area contributed by atoms with Crippen LogP contribution in [0, 0.1) is 5.41 Å². The zero-order chi connectivity index (χ0) is 13.7. The highest BCUT2D eigenvalue weighted by atomic mass is 32.1. The molecule has 0 amide bonds. The van der Waals surface area contributed by atoms with Crippen LogP contribution in [0.2, 0.25) is 0 Å². The third-order valence-corrected chi connectivity index (χ3v) is 4.96. The lowest BCUT2D eigenvalue weighted by Gasteiger charge is -2.24. The van der Waals surface area contributed by atoms with E-state index in [0.29, 0.717) is 5.41 Å². The van der Waals surface area contributed by atoms with E-state index in [0.717, 1.165) is 19.1 Å². The molecule has 1 aromatic rings. The van der Waals surface area contributed by atoms with Crippen molar-refractivity contribution in [2.75, 3.05) is 13.1 Å². The summed E-state index contributed by atoms with van der Waals surface area (Å²) in [5.74, 6) is 0. The lowest BCUT2D eigenvalue weighted by atomic mass is 9.87. The van der Waals surface area contributed by atoms with Crippen molar-refractivity contribution in [1.29, 1.82) is 0 Å². The fourth-order valence-electron chi connectivity index (χ4n) is 2.45. The van der Waals surface area contributed by atoms with Gasteiger partial charge in [-0.3, -0.25) is 4.90 Å². The van der Waals surface area contributed by atoms with Crippen LogP contribution in [0.15, 0.2) is 17.5 Å². The molecule has 0 saturated heterocycles. The fraction of sp³-hybridized carbons (Fsp3) is 0.750. The standard InChI is InChI=1S/C16H28N2S/c1-16(2,13-17)9-3-4-10-18(14-7-8-14)12-15-6-5-11-19-15/h5-6,11,14H,3-4,7-10,12-13,17H2,1-2H3. The van der Waals surface area contributed by atoms with Gasteiger partial charge in [-0.05, 0) is 55.6 Å². The maximum atomic E-state index is 5.79. The van der Waals surface area contributed by atoms with Gasteiger partial charge in [0.05, 0.1) is 0 Å². The van der Waals surface area contributed by atoms with Crippen LogP contribution in [0.1, 0.15) is 50.8 Å². The molecule has 1 fully saturated rings. The predicted molar refractivity (Wildman–Crippen MR) is 84.4 cm³/mol. The monoisotopic (exact) mass is 280 g/mol. The van der Waals surface area contributed by atoms with E-state index >= 15 is 0 Å². The first kappa shape index (κ1) is 15.0. The van der Waals surface area contributed by atoms with Crippen LogP contribution >= 0.6 is 11.3 Å². The summed E-state index contributed by atoms with van der Waals surface area (Å²) in [5.41, 5.74) is 6.11. The van der Waals surface area contributed by atoms with Gasteiger partial charge in [0.15, 0.2) is 0 Å². The first-order valence-electron chi connectivity index (χ1n) is 7.57. The summed E-state index contributed by atoms with van der Waals surface area (Å²) in [6.45, 7) is 7.76. The fourth-order valence-corrected chi connectivity index (χ4v) is 3.18. The van der Waals surface area contributed by atoms with E-state index < -0.39 is 0 Å². The Morgan fingerprint density at radius 2 is 2.16 bits per heavy atom. The molecule has 0 atom stereocenters. The van der Waals surface area contributed by atoms with Gasteiger partial charge in [0.1, 0.15) is 0 Å². The lowest BCUT2D eigenvalue weighted by molar-refractivity contribution is 0.241. The number of unbranched alkanes of at least 4 members (excludes halogenated alkanes) is 1. The largest absolute Gasteiger partial charge is 0.330 e. The van der Waals surface area contributed by atoms with Crippen molar-refractivity contribution in [2.45, 2.75) is 58.5 Å². The maximum absolute atomic E-state index is 5.79. The summed E-state index contributed by atoms with van der Waals surface area (Å²) in [4.78, 5) is 4.19. The molecular weight excluding hydrogens is 252 g/mol. The number of rotatable bonds is 9. The van der Waals surface area contributed by atoms with Crippen molar-refractivity contribution in [3.63, 3.8) is 0 Å². The van der Waals surface area contributed by atoms with Gasteiger partial charge in [0, 0.05) is 17.5 Å². The van der Waals surface area contributed by atoms with Crippen molar-refractivity contribution in [3.05, 3.63) is 22.4 Å². The van der Waals surface area contributed by atoms with Crippen LogP contribution < -0.4 is 5.73 Å². The van der Waals surface area contributed by atoms with Crippen molar-refractivity contribution >= 4 is 11.3 Å². The van der Waals surface area contributed by atoms with E-state index in [-0.39, 0.29) is 0 Å².